The van der Waals surface area contributed by atoms with Crippen LogP contribution in [0.4, 0.5) is 0 Å². The average molecular weight is 190 g/mol. The summed E-state index contributed by atoms with van der Waals surface area (Å²) in [6.45, 7) is 2.01. The summed E-state index contributed by atoms with van der Waals surface area (Å²) in [4.78, 5) is 11.3. The maximum atomic E-state index is 11.3. The van der Waals surface area contributed by atoms with Crippen LogP contribution < -0.4 is 5.46 Å². The molecule has 72 valence electrons. The molecule has 0 bridgehead atoms. The van der Waals surface area contributed by atoms with Gasteiger partial charge >= 0.3 is 7.12 Å². The van der Waals surface area contributed by atoms with E-state index in [1.54, 1.807) is 6.07 Å². The summed E-state index contributed by atoms with van der Waals surface area (Å²) in [6, 6.07) is 5.49. The van der Waals surface area contributed by atoms with Crippen LogP contribution in [-0.4, -0.2) is 24.5 Å². The third-order valence-electron chi connectivity index (χ3n) is 2.47. The van der Waals surface area contributed by atoms with Crippen molar-refractivity contribution in [3.05, 3.63) is 29.3 Å². The molecule has 1 aromatic carbocycles. The number of benzene rings is 1. The molecule has 1 aromatic rings. The molecule has 0 unspecified atom stereocenters. The molecule has 0 fully saturated rings. The minimum Gasteiger partial charge on any atom is -0.423 e. The third kappa shape index (κ3) is 1.47. The lowest BCUT2D eigenvalue weighted by molar-refractivity contribution is 0.101. The van der Waals surface area contributed by atoms with Crippen LogP contribution in [0.2, 0.25) is 0 Å². The third-order valence-corrected chi connectivity index (χ3v) is 2.47. The van der Waals surface area contributed by atoms with Gasteiger partial charge in [-0.15, -0.1) is 0 Å². The number of carbonyl (C=O) groups is 1. The number of fused-ring (bicyclic) bond motifs is 1. The summed E-state index contributed by atoms with van der Waals surface area (Å²) in [6.07, 6.45) is 0.757. The predicted molar refractivity (Wildman–Crippen MR) is 53.7 cm³/mol. The Morgan fingerprint density at radius 3 is 3.07 bits per heavy atom. The summed E-state index contributed by atoms with van der Waals surface area (Å²) < 4.78 is 5.10. The smallest absolute Gasteiger partial charge is 0.423 e. The Balaban J connectivity index is 2.57. The molecule has 3 nitrogen and oxygen atoms in total. The predicted octanol–water partition coefficient (Wildman–Crippen LogP) is 0.149. The maximum Gasteiger partial charge on any atom is 0.492 e. The zero-order valence-corrected chi connectivity index (χ0v) is 7.99. The second-order valence-corrected chi connectivity index (χ2v) is 3.41. The van der Waals surface area contributed by atoms with Gasteiger partial charge in [-0.05, 0) is 24.4 Å². The summed E-state index contributed by atoms with van der Waals surface area (Å²) in [5.74, 6) is -0.0357. The second-order valence-electron chi connectivity index (χ2n) is 3.41. The van der Waals surface area contributed by atoms with E-state index in [0.717, 1.165) is 12.0 Å². The summed E-state index contributed by atoms with van der Waals surface area (Å²) >= 11 is 0. The molecule has 0 atom stereocenters. The van der Waals surface area contributed by atoms with Crippen molar-refractivity contribution in [1.82, 2.24) is 0 Å². The van der Waals surface area contributed by atoms with Gasteiger partial charge in [0.25, 0.3) is 0 Å². The number of carbonyl (C=O) groups excluding carboxylic acids is 1. The van der Waals surface area contributed by atoms with E-state index in [4.69, 9.17) is 4.65 Å². The molecule has 14 heavy (non-hydrogen) atoms. The highest BCUT2D eigenvalue weighted by molar-refractivity contribution is 6.62. The van der Waals surface area contributed by atoms with Gasteiger partial charge in [0.1, 0.15) is 0 Å². The van der Waals surface area contributed by atoms with E-state index in [2.05, 4.69) is 0 Å². The molecular formula is C10H11BO3. The Bertz CT molecular complexity index is 376. The van der Waals surface area contributed by atoms with Crippen LogP contribution in [0.3, 0.4) is 0 Å². The van der Waals surface area contributed by atoms with E-state index in [9.17, 15) is 9.82 Å². The first-order chi connectivity index (χ1) is 6.70. The average Bonchev–Trinajstić information content (AvgIpc) is 2.17. The van der Waals surface area contributed by atoms with E-state index in [0.29, 0.717) is 17.6 Å². The van der Waals surface area contributed by atoms with E-state index in [1.807, 2.05) is 12.1 Å². The normalized spacial score (nSPS) is 15.1. The van der Waals surface area contributed by atoms with Gasteiger partial charge in [0.2, 0.25) is 0 Å². The Hall–Kier alpha value is -1.13. The van der Waals surface area contributed by atoms with E-state index < -0.39 is 7.12 Å². The lowest BCUT2D eigenvalue weighted by Gasteiger charge is -2.20. The van der Waals surface area contributed by atoms with Crippen molar-refractivity contribution in [1.29, 1.82) is 0 Å². The second kappa shape index (κ2) is 3.56. The van der Waals surface area contributed by atoms with Crippen molar-refractivity contribution in [2.45, 2.75) is 13.3 Å². The van der Waals surface area contributed by atoms with Crippen molar-refractivity contribution in [2.75, 3.05) is 6.61 Å². The zero-order valence-electron chi connectivity index (χ0n) is 7.99. The Kier molecular flexibility index (Phi) is 2.39. The van der Waals surface area contributed by atoms with Crippen LogP contribution in [0.25, 0.3) is 0 Å². The fraction of sp³-hybridized carbons (Fsp3) is 0.300. The van der Waals surface area contributed by atoms with Crippen molar-refractivity contribution in [2.24, 2.45) is 0 Å². The van der Waals surface area contributed by atoms with Crippen LogP contribution in [0.1, 0.15) is 22.8 Å². The summed E-state index contributed by atoms with van der Waals surface area (Å²) in [5, 5.41) is 9.62. The number of ketones is 1. The molecule has 1 aliphatic heterocycles. The van der Waals surface area contributed by atoms with Gasteiger partial charge in [-0.2, -0.15) is 0 Å². The fourth-order valence-electron chi connectivity index (χ4n) is 1.79. The van der Waals surface area contributed by atoms with Gasteiger partial charge in [0.15, 0.2) is 5.78 Å². The first kappa shape index (κ1) is 9.43. The molecule has 1 aliphatic rings. The van der Waals surface area contributed by atoms with Crippen LogP contribution >= 0.6 is 0 Å². The van der Waals surface area contributed by atoms with Crippen LogP contribution in [0, 0.1) is 0 Å². The molecule has 1 heterocycles. The van der Waals surface area contributed by atoms with Crippen LogP contribution in [-0.2, 0) is 11.1 Å². The van der Waals surface area contributed by atoms with Gasteiger partial charge in [-0.1, -0.05) is 18.2 Å². The largest absolute Gasteiger partial charge is 0.492 e. The molecule has 0 amide bonds. The molecule has 0 saturated carbocycles. The highest BCUT2D eigenvalue weighted by Gasteiger charge is 2.28. The van der Waals surface area contributed by atoms with Gasteiger partial charge in [-0.3, -0.25) is 4.79 Å². The SMILES string of the molecule is CC(=O)c1cccc2c1B(O)OCC2. The summed E-state index contributed by atoms with van der Waals surface area (Å²) in [7, 11) is -0.946. The highest BCUT2D eigenvalue weighted by Crippen LogP contribution is 2.10. The molecule has 2 rings (SSSR count). The van der Waals surface area contributed by atoms with Crippen molar-refractivity contribution in [3.63, 3.8) is 0 Å². The molecule has 0 radical (unpaired) electrons. The Morgan fingerprint density at radius 2 is 2.36 bits per heavy atom. The summed E-state index contributed by atoms with van der Waals surface area (Å²) in [5.41, 5.74) is 2.22. The topological polar surface area (TPSA) is 46.5 Å². The fourth-order valence-corrected chi connectivity index (χ4v) is 1.79. The quantitative estimate of drug-likeness (QED) is 0.506. The Morgan fingerprint density at radius 1 is 1.57 bits per heavy atom. The van der Waals surface area contributed by atoms with Gasteiger partial charge in [0, 0.05) is 12.2 Å². The van der Waals surface area contributed by atoms with E-state index in [-0.39, 0.29) is 5.78 Å². The number of rotatable bonds is 1. The lowest BCUT2D eigenvalue weighted by atomic mass is 9.70. The highest BCUT2D eigenvalue weighted by atomic mass is 16.5. The minimum atomic E-state index is -0.946. The van der Waals surface area contributed by atoms with Crippen molar-refractivity contribution >= 4 is 18.4 Å². The van der Waals surface area contributed by atoms with Gasteiger partial charge in [0.05, 0.1) is 0 Å². The molecular weight excluding hydrogens is 179 g/mol. The molecule has 4 heteroatoms. The van der Waals surface area contributed by atoms with E-state index in [1.165, 1.54) is 6.92 Å². The zero-order chi connectivity index (χ0) is 10.1. The molecule has 0 spiro atoms. The van der Waals surface area contributed by atoms with Crippen LogP contribution in [0.15, 0.2) is 18.2 Å². The monoisotopic (exact) mass is 190 g/mol. The number of hydrogen-bond donors (Lipinski definition) is 1. The van der Waals surface area contributed by atoms with Gasteiger partial charge < -0.3 is 9.68 Å². The van der Waals surface area contributed by atoms with E-state index >= 15 is 0 Å². The first-order valence-corrected chi connectivity index (χ1v) is 4.62. The molecule has 0 saturated heterocycles. The molecule has 1 N–H and O–H groups in total. The minimum absolute atomic E-state index is 0.0357. The van der Waals surface area contributed by atoms with Gasteiger partial charge in [-0.25, -0.2) is 0 Å². The standard InChI is InChI=1S/C10H11BO3/c1-7(12)9-4-2-3-8-5-6-14-11(13)10(8)9/h2-4,13H,5-6H2,1H3. The van der Waals surface area contributed by atoms with Crippen LogP contribution in [0.5, 0.6) is 0 Å². The lowest BCUT2D eigenvalue weighted by Crippen LogP contribution is -2.44. The number of hydrogen-bond acceptors (Lipinski definition) is 3. The number of Topliss-reactive ketones (excluding diaryl/α,β-unsaturated/α-hetero) is 1. The van der Waals surface area contributed by atoms with Crippen molar-refractivity contribution in [3.8, 4) is 0 Å². The first-order valence-electron chi connectivity index (χ1n) is 4.62. The Labute approximate surface area is 82.8 Å². The van der Waals surface area contributed by atoms with Crippen molar-refractivity contribution < 1.29 is 14.5 Å². The molecule has 0 aromatic heterocycles. The molecule has 0 aliphatic carbocycles. The maximum absolute atomic E-state index is 11.3.